The third kappa shape index (κ3) is 6.06. The maximum absolute atomic E-state index is 12.6. The van der Waals surface area contributed by atoms with E-state index in [0.717, 1.165) is 12.0 Å². The number of hydrogen-bond donors (Lipinski definition) is 3. The fraction of sp³-hybridized carbons (Fsp3) is 0.550. The fourth-order valence-electron chi connectivity index (χ4n) is 3.19. The van der Waals surface area contributed by atoms with Gasteiger partial charge in [-0.2, -0.15) is 0 Å². The molecule has 1 heterocycles. The molecule has 1 atom stereocenters. The zero-order valence-electron chi connectivity index (χ0n) is 15.7. The Morgan fingerprint density at radius 2 is 1.85 bits per heavy atom. The average Bonchev–Trinajstić information content (AvgIpc) is 2.67. The van der Waals surface area contributed by atoms with Gasteiger partial charge in [0.2, 0.25) is 11.8 Å². The van der Waals surface area contributed by atoms with E-state index < -0.39 is 17.4 Å². The molecule has 0 bridgehead atoms. The quantitative estimate of drug-likeness (QED) is 0.606. The lowest BCUT2D eigenvalue weighted by Gasteiger charge is -2.33. The number of hydrogen-bond acceptors (Lipinski definition) is 4. The third-order valence-electron chi connectivity index (χ3n) is 4.94. The van der Waals surface area contributed by atoms with Gasteiger partial charge in [-0.25, -0.2) is 0 Å². The van der Waals surface area contributed by atoms with E-state index >= 15 is 0 Å². The van der Waals surface area contributed by atoms with Crippen molar-refractivity contribution in [3.05, 3.63) is 35.9 Å². The molecule has 1 aliphatic heterocycles. The number of aliphatic carboxylic acids is 1. The lowest BCUT2D eigenvalue weighted by molar-refractivity contribution is -0.154. The smallest absolute Gasteiger partial charge is 0.311 e. The number of ether oxygens (including phenoxy) is 1. The lowest BCUT2D eigenvalue weighted by Crippen LogP contribution is -2.52. The zero-order valence-corrected chi connectivity index (χ0v) is 15.7. The van der Waals surface area contributed by atoms with Crippen molar-refractivity contribution in [2.45, 2.75) is 45.1 Å². The molecule has 1 aliphatic rings. The Morgan fingerprint density at radius 3 is 2.44 bits per heavy atom. The van der Waals surface area contributed by atoms with E-state index in [1.54, 1.807) is 0 Å². The SMILES string of the molecule is CCCC(NC(=O)Cc1ccccc1)C(=O)NCC1(C(=O)O)CCOCC1. The first-order chi connectivity index (χ1) is 13.0. The van der Waals surface area contributed by atoms with Crippen molar-refractivity contribution < 1.29 is 24.2 Å². The first-order valence-electron chi connectivity index (χ1n) is 9.39. The molecule has 2 amide bonds. The summed E-state index contributed by atoms with van der Waals surface area (Å²) >= 11 is 0. The Labute approximate surface area is 159 Å². The predicted octanol–water partition coefficient (Wildman–Crippen LogP) is 1.51. The van der Waals surface area contributed by atoms with Gasteiger partial charge >= 0.3 is 5.97 Å². The highest BCUT2D eigenvalue weighted by molar-refractivity contribution is 5.88. The number of benzene rings is 1. The van der Waals surface area contributed by atoms with Gasteiger partial charge in [0.1, 0.15) is 6.04 Å². The highest BCUT2D eigenvalue weighted by atomic mass is 16.5. The zero-order chi connectivity index (χ0) is 19.7. The second-order valence-corrected chi connectivity index (χ2v) is 6.99. The Balaban J connectivity index is 1.93. The van der Waals surface area contributed by atoms with Gasteiger partial charge in [0.25, 0.3) is 0 Å². The lowest BCUT2D eigenvalue weighted by atomic mass is 9.80. The van der Waals surface area contributed by atoms with Crippen LogP contribution in [0.3, 0.4) is 0 Å². The molecule has 1 unspecified atom stereocenters. The number of nitrogens with one attached hydrogen (secondary N) is 2. The second kappa shape index (κ2) is 10.1. The molecule has 1 fully saturated rings. The number of carboxylic acids is 1. The molecule has 0 aromatic heterocycles. The van der Waals surface area contributed by atoms with Gasteiger partial charge in [0.15, 0.2) is 0 Å². The minimum atomic E-state index is -1.00. The Bertz CT molecular complexity index is 641. The summed E-state index contributed by atoms with van der Waals surface area (Å²) in [6.45, 7) is 2.71. The first kappa shape index (κ1) is 20.9. The van der Waals surface area contributed by atoms with Gasteiger partial charge in [0.05, 0.1) is 11.8 Å². The summed E-state index contributed by atoms with van der Waals surface area (Å²) in [4.78, 5) is 36.5. The van der Waals surface area contributed by atoms with Crippen LogP contribution in [-0.4, -0.2) is 48.7 Å². The molecule has 0 aliphatic carbocycles. The summed E-state index contributed by atoms with van der Waals surface area (Å²) in [7, 11) is 0. The summed E-state index contributed by atoms with van der Waals surface area (Å²) < 4.78 is 5.24. The van der Waals surface area contributed by atoms with Crippen molar-refractivity contribution >= 4 is 17.8 Å². The Kier molecular flexibility index (Phi) is 7.79. The van der Waals surface area contributed by atoms with Crippen LogP contribution in [0.1, 0.15) is 38.2 Å². The Hall–Kier alpha value is -2.41. The molecular weight excluding hydrogens is 348 g/mol. The van der Waals surface area contributed by atoms with E-state index in [1.807, 2.05) is 37.3 Å². The molecule has 2 rings (SSSR count). The number of amides is 2. The molecule has 148 valence electrons. The van der Waals surface area contributed by atoms with E-state index in [2.05, 4.69) is 10.6 Å². The highest BCUT2D eigenvalue weighted by Crippen LogP contribution is 2.30. The summed E-state index contributed by atoms with van der Waals surface area (Å²) in [6.07, 6.45) is 2.14. The van der Waals surface area contributed by atoms with E-state index in [0.29, 0.717) is 32.5 Å². The van der Waals surface area contributed by atoms with E-state index in [9.17, 15) is 19.5 Å². The number of rotatable bonds is 9. The minimum absolute atomic E-state index is 0.0410. The van der Waals surface area contributed by atoms with Crippen LogP contribution in [0.5, 0.6) is 0 Å². The molecule has 1 aromatic carbocycles. The van der Waals surface area contributed by atoms with Crippen LogP contribution in [0.4, 0.5) is 0 Å². The molecule has 0 spiro atoms. The second-order valence-electron chi connectivity index (χ2n) is 6.99. The molecule has 27 heavy (non-hydrogen) atoms. The Morgan fingerprint density at radius 1 is 1.19 bits per heavy atom. The largest absolute Gasteiger partial charge is 0.481 e. The summed E-state index contributed by atoms with van der Waals surface area (Å²) in [5.74, 6) is -1.49. The fourth-order valence-corrected chi connectivity index (χ4v) is 3.19. The molecule has 7 heteroatoms. The van der Waals surface area contributed by atoms with Crippen LogP contribution in [0.2, 0.25) is 0 Å². The van der Waals surface area contributed by atoms with Crippen LogP contribution in [0, 0.1) is 5.41 Å². The van der Waals surface area contributed by atoms with Crippen molar-refractivity contribution in [1.82, 2.24) is 10.6 Å². The van der Waals surface area contributed by atoms with Gasteiger partial charge in [-0.15, -0.1) is 0 Å². The first-order valence-corrected chi connectivity index (χ1v) is 9.39. The van der Waals surface area contributed by atoms with Crippen molar-refractivity contribution in [3.8, 4) is 0 Å². The molecule has 1 saturated heterocycles. The third-order valence-corrected chi connectivity index (χ3v) is 4.94. The predicted molar refractivity (Wildman–Crippen MR) is 100 cm³/mol. The molecule has 1 aromatic rings. The van der Waals surface area contributed by atoms with E-state index in [-0.39, 0.29) is 24.8 Å². The van der Waals surface area contributed by atoms with E-state index in [4.69, 9.17) is 4.74 Å². The normalized spacial score (nSPS) is 16.9. The van der Waals surface area contributed by atoms with Crippen LogP contribution < -0.4 is 10.6 Å². The van der Waals surface area contributed by atoms with Crippen molar-refractivity contribution in [2.75, 3.05) is 19.8 Å². The van der Waals surface area contributed by atoms with Crippen LogP contribution in [0.25, 0.3) is 0 Å². The minimum Gasteiger partial charge on any atom is -0.481 e. The van der Waals surface area contributed by atoms with Gasteiger partial charge < -0.3 is 20.5 Å². The van der Waals surface area contributed by atoms with E-state index in [1.165, 1.54) is 0 Å². The van der Waals surface area contributed by atoms with Crippen molar-refractivity contribution in [1.29, 1.82) is 0 Å². The summed E-state index contributed by atoms with van der Waals surface area (Å²) in [5.41, 5.74) is -0.128. The van der Waals surface area contributed by atoms with Crippen molar-refractivity contribution in [2.24, 2.45) is 5.41 Å². The van der Waals surface area contributed by atoms with Crippen LogP contribution in [-0.2, 0) is 25.5 Å². The number of carboxylic acid groups (broad SMARTS) is 1. The van der Waals surface area contributed by atoms with Gasteiger partial charge in [-0.1, -0.05) is 43.7 Å². The topological polar surface area (TPSA) is 105 Å². The van der Waals surface area contributed by atoms with Gasteiger partial charge in [-0.3, -0.25) is 14.4 Å². The average molecular weight is 376 g/mol. The highest BCUT2D eigenvalue weighted by Gasteiger charge is 2.40. The maximum Gasteiger partial charge on any atom is 0.311 e. The van der Waals surface area contributed by atoms with Crippen LogP contribution >= 0.6 is 0 Å². The molecular formula is C20H28N2O5. The molecule has 0 radical (unpaired) electrons. The summed E-state index contributed by atoms with van der Waals surface area (Å²) in [5, 5.41) is 15.1. The monoisotopic (exact) mass is 376 g/mol. The van der Waals surface area contributed by atoms with Gasteiger partial charge in [-0.05, 0) is 24.8 Å². The standard InChI is InChI=1S/C20H28N2O5/c1-2-6-16(22-17(23)13-15-7-4-3-5-8-15)18(24)21-14-20(19(25)26)9-11-27-12-10-20/h3-5,7-8,16H,2,6,9-14H2,1H3,(H,21,24)(H,22,23)(H,25,26). The van der Waals surface area contributed by atoms with Crippen LogP contribution in [0.15, 0.2) is 30.3 Å². The molecule has 7 nitrogen and oxygen atoms in total. The molecule has 0 saturated carbocycles. The van der Waals surface area contributed by atoms with Gasteiger partial charge in [0, 0.05) is 19.8 Å². The maximum atomic E-state index is 12.6. The molecule has 3 N–H and O–H groups in total. The number of carbonyl (C=O) groups is 3. The number of carbonyl (C=O) groups excluding carboxylic acids is 2. The van der Waals surface area contributed by atoms with Crippen molar-refractivity contribution in [3.63, 3.8) is 0 Å². The summed E-state index contributed by atoms with van der Waals surface area (Å²) in [6, 6.07) is 8.64.